The molecule has 3 aromatic rings. The summed E-state index contributed by atoms with van der Waals surface area (Å²) in [5.74, 6) is 1.47. The van der Waals surface area contributed by atoms with Crippen LogP contribution in [0.3, 0.4) is 0 Å². The molecule has 0 saturated heterocycles. The molecule has 2 aromatic carbocycles. The van der Waals surface area contributed by atoms with Crippen molar-refractivity contribution in [3.05, 3.63) is 77.9 Å². The number of aliphatic hydroxyl groups is 1. The number of rotatable bonds is 4. The maximum absolute atomic E-state index is 11.3. The van der Waals surface area contributed by atoms with Gasteiger partial charge in [-0.3, -0.25) is 0 Å². The molecule has 1 unspecified atom stereocenters. The molecule has 1 aromatic heterocycles. The van der Waals surface area contributed by atoms with E-state index in [2.05, 4.69) is 20.9 Å². The second-order valence-electron chi connectivity index (χ2n) is 7.46. The van der Waals surface area contributed by atoms with Gasteiger partial charge in [-0.15, -0.1) is 0 Å². The van der Waals surface area contributed by atoms with Gasteiger partial charge in [0.05, 0.1) is 24.2 Å². The molecule has 28 heavy (non-hydrogen) atoms. The summed E-state index contributed by atoms with van der Waals surface area (Å²) in [6.45, 7) is 4.23. The first-order chi connectivity index (χ1) is 13.5. The molecule has 0 amide bonds. The minimum absolute atomic E-state index is 0.403. The summed E-state index contributed by atoms with van der Waals surface area (Å²) >= 11 is 0. The molecule has 2 atom stereocenters. The molecule has 6 heteroatoms. The molecule has 0 aliphatic carbocycles. The molecule has 2 heterocycles. The monoisotopic (exact) mass is 374 g/mol. The molecule has 1 aliphatic heterocycles. The molecule has 0 radical (unpaired) electrons. The number of para-hydroxylation sites is 1. The third-order valence-corrected chi connectivity index (χ3v) is 5.14. The van der Waals surface area contributed by atoms with Crippen molar-refractivity contribution in [2.45, 2.75) is 38.1 Å². The highest BCUT2D eigenvalue weighted by atomic mass is 16.5. The number of nitriles is 1. The number of hydrogen-bond acceptors (Lipinski definition) is 5. The second kappa shape index (κ2) is 7.02. The van der Waals surface area contributed by atoms with E-state index < -0.39 is 17.7 Å². The highest BCUT2D eigenvalue weighted by Crippen LogP contribution is 2.45. The quantitative estimate of drug-likeness (QED) is 0.729. The largest absolute Gasteiger partial charge is 0.485 e. The van der Waals surface area contributed by atoms with E-state index in [4.69, 9.17) is 4.74 Å². The van der Waals surface area contributed by atoms with E-state index in [1.54, 1.807) is 24.5 Å². The van der Waals surface area contributed by atoms with Crippen LogP contribution in [0.5, 0.6) is 5.75 Å². The number of aliphatic hydroxyl groups excluding tert-OH is 1. The fourth-order valence-corrected chi connectivity index (χ4v) is 3.69. The van der Waals surface area contributed by atoms with Gasteiger partial charge in [0, 0.05) is 23.6 Å². The first kappa shape index (κ1) is 18.1. The number of ether oxygens (including phenoxy) is 1. The lowest BCUT2D eigenvalue weighted by Gasteiger charge is -2.47. The van der Waals surface area contributed by atoms with Crippen LogP contribution in [0.25, 0.3) is 0 Å². The molecule has 1 aliphatic rings. The van der Waals surface area contributed by atoms with Gasteiger partial charge < -0.3 is 19.7 Å². The maximum Gasteiger partial charge on any atom is 0.132 e. The number of fused-ring (bicyclic) bond motifs is 1. The zero-order chi connectivity index (χ0) is 19.7. The Kier molecular flexibility index (Phi) is 4.54. The van der Waals surface area contributed by atoms with Gasteiger partial charge in [-0.2, -0.15) is 5.26 Å². The van der Waals surface area contributed by atoms with Gasteiger partial charge in [-0.25, -0.2) is 4.98 Å². The van der Waals surface area contributed by atoms with E-state index in [9.17, 15) is 10.4 Å². The van der Waals surface area contributed by atoms with Crippen molar-refractivity contribution in [2.75, 3.05) is 4.90 Å². The molecule has 2 N–H and O–H groups in total. The number of nitrogens with zero attached hydrogens (tertiary/aromatic N) is 3. The number of hydrogen-bond donors (Lipinski definition) is 2. The number of anilines is 1. The topological polar surface area (TPSA) is 85.2 Å². The van der Waals surface area contributed by atoms with E-state index >= 15 is 0 Å². The maximum atomic E-state index is 11.3. The fraction of sp³-hybridized carbons (Fsp3) is 0.273. The summed E-state index contributed by atoms with van der Waals surface area (Å²) in [6.07, 6.45) is 2.68. The molecule has 6 nitrogen and oxygen atoms in total. The van der Waals surface area contributed by atoms with Gasteiger partial charge in [0.2, 0.25) is 0 Å². The second-order valence-corrected chi connectivity index (χ2v) is 7.46. The summed E-state index contributed by atoms with van der Waals surface area (Å²) in [7, 11) is 0. The van der Waals surface area contributed by atoms with Crippen LogP contribution in [0.15, 0.2) is 60.9 Å². The standard InChI is InChI=1S/C22H22N4O2/c1-22(2)21(27)20(17-12-15(13-23)8-9-18(17)28-22)26(14-19-24-10-11-25-19)16-6-4-3-5-7-16/h3-12,20-21,27H,14H2,1-2H3,(H,24,25)/t20?,21-/m0/s1. The van der Waals surface area contributed by atoms with Crippen molar-refractivity contribution in [1.82, 2.24) is 9.97 Å². The Morgan fingerprint density at radius 2 is 2.04 bits per heavy atom. The van der Waals surface area contributed by atoms with Gasteiger partial charge in [0.15, 0.2) is 0 Å². The van der Waals surface area contributed by atoms with Crippen molar-refractivity contribution in [1.29, 1.82) is 5.26 Å². The number of benzene rings is 2. The van der Waals surface area contributed by atoms with E-state index in [-0.39, 0.29) is 0 Å². The first-order valence-electron chi connectivity index (χ1n) is 9.20. The molecular weight excluding hydrogens is 352 g/mol. The molecule has 0 spiro atoms. The Morgan fingerprint density at radius 3 is 2.71 bits per heavy atom. The molecule has 142 valence electrons. The third kappa shape index (κ3) is 3.21. The number of aromatic amines is 1. The SMILES string of the molecule is CC1(C)Oc2ccc(C#N)cc2C(N(Cc2ncc[nH]2)c2ccccc2)[C@@H]1O. The average Bonchev–Trinajstić information content (AvgIpc) is 3.21. The van der Waals surface area contributed by atoms with Crippen LogP contribution in [0, 0.1) is 11.3 Å². The summed E-state index contributed by atoms with van der Waals surface area (Å²) < 4.78 is 6.07. The Morgan fingerprint density at radius 1 is 1.25 bits per heavy atom. The van der Waals surface area contributed by atoms with Gasteiger partial charge >= 0.3 is 0 Å². The number of nitrogens with one attached hydrogen (secondary N) is 1. The van der Waals surface area contributed by atoms with Crippen molar-refractivity contribution in [3.63, 3.8) is 0 Å². The Labute approximate surface area is 164 Å². The lowest BCUT2D eigenvalue weighted by Crippen LogP contribution is -2.53. The van der Waals surface area contributed by atoms with E-state index in [0.29, 0.717) is 17.9 Å². The predicted molar refractivity (Wildman–Crippen MR) is 106 cm³/mol. The average molecular weight is 374 g/mol. The first-order valence-corrected chi connectivity index (χ1v) is 9.20. The third-order valence-electron chi connectivity index (χ3n) is 5.14. The summed E-state index contributed by atoms with van der Waals surface area (Å²) in [5, 5.41) is 20.7. The van der Waals surface area contributed by atoms with Gasteiger partial charge in [0.25, 0.3) is 0 Å². The van der Waals surface area contributed by atoms with Crippen LogP contribution in [0.4, 0.5) is 5.69 Å². The number of aromatic nitrogens is 2. The number of H-pyrrole nitrogens is 1. The van der Waals surface area contributed by atoms with Crippen LogP contribution >= 0.6 is 0 Å². The molecule has 0 saturated carbocycles. The fourth-order valence-electron chi connectivity index (χ4n) is 3.69. The molecule has 4 rings (SSSR count). The van der Waals surface area contributed by atoms with Crippen molar-refractivity contribution < 1.29 is 9.84 Å². The van der Waals surface area contributed by atoms with Crippen LogP contribution in [-0.2, 0) is 6.54 Å². The van der Waals surface area contributed by atoms with Gasteiger partial charge in [0.1, 0.15) is 23.3 Å². The van der Waals surface area contributed by atoms with E-state index in [1.165, 1.54) is 0 Å². The Hall–Kier alpha value is -3.30. The van der Waals surface area contributed by atoms with Crippen molar-refractivity contribution >= 4 is 5.69 Å². The zero-order valence-electron chi connectivity index (χ0n) is 15.8. The van der Waals surface area contributed by atoms with E-state index in [0.717, 1.165) is 17.1 Å². The summed E-state index contributed by atoms with van der Waals surface area (Å²) in [6, 6.07) is 17.0. The normalized spacial score (nSPS) is 19.9. The van der Waals surface area contributed by atoms with Gasteiger partial charge in [-0.1, -0.05) is 18.2 Å². The lowest BCUT2D eigenvalue weighted by molar-refractivity contribution is -0.0590. The minimum Gasteiger partial charge on any atom is -0.485 e. The zero-order valence-corrected chi connectivity index (χ0v) is 15.8. The highest BCUT2D eigenvalue weighted by Gasteiger charge is 2.45. The van der Waals surface area contributed by atoms with Crippen molar-refractivity contribution in [2.24, 2.45) is 0 Å². The van der Waals surface area contributed by atoms with Crippen LogP contribution in [-0.4, -0.2) is 26.8 Å². The molecule has 0 fully saturated rings. The predicted octanol–water partition coefficient (Wildman–Crippen LogP) is 3.56. The van der Waals surface area contributed by atoms with Crippen LogP contribution in [0.1, 0.15) is 36.8 Å². The molecular formula is C22H22N4O2. The molecule has 0 bridgehead atoms. The highest BCUT2D eigenvalue weighted by molar-refractivity contribution is 5.54. The summed E-state index contributed by atoms with van der Waals surface area (Å²) in [5.41, 5.74) is 1.49. The van der Waals surface area contributed by atoms with Crippen molar-refractivity contribution in [3.8, 4) is 11.8 Å². The number of imidazole rings is 1. The lowest BCUT2D eigenvalue weighted by atomic mass is 9.84. The smallest absolute Gasteiger partial charge is 0.132 e. The van der Waals surface area contributed by atoms with Crippen LogP contribution in [0.2, 0.25) is 0 Å². The summed E-state index contributed by atoms with van der Waals surface area (Å²) in [4.78, 5) is 9.61. The Bertz CT molecular complexity index is 993. The Balaban J connectivity index is 1.87. The minimum atomic E-state index is -0.816. The van der Waals surface area contributed by atoms with Gasteiger partial charge in [-0.05, 0) is 44.2 Å². The van der Waals surface area contributed by atoms with Crippen LogP contribution < -0.4 is 9.64 Å². The van der Waals surface area contributed by atoms with E-state index in [1.807, 2.05) is 50.2 Å².